The number of nitrogens with zero attached hydrogens (tertiary/aromatic N) is 2. The molecule has 3 rings (SSSR count). The Hall–Kier alpha value is -3.05. The lowest BCUT2D eigenvalue weighted by Gasteiger charge is -2.23. The van der Waals surface area contributed by atoms with Crippen molar-refractivity contribution in [1.82, 2.24) is 0 Å². The third kappa shape index (κ3) is 4.51. The second-order valence-electron chi connectivity index (χ2n) is 5.91. The number of nitro benzene ring substituents is 1. The van der Waals surface area contributed by atoms with E-state index in [1.54, 1.807) is 6.07 Å². The van der Waals surface area contributed by atoms with E-state index in [4.69, 9.17) is 21.1 Å². The third-order valence-corrected chi connectivity index (χ3v) is 6.14. The van der Waals surface area contributed by atoms with Gasteiger partial charge < -0.3 is 14.8 Å². The second-order valence-corrected chi connectivity index (χ2v) is 8.50. The van der Waals surface area contributed by atoms with Crippen LogP contribution in [0.5, 0.6) is 11.5 Å². The SMILES string of the molecule is CCS(=O)(=O)N(CC(=O)Nc1cc([N+](=O)[O-])ccc1Cl)c1ccc2c(c1)OCO2. The van der Waals surface area contributed by atoms with Crippen LogP contribution in [0.3, 0.4) is 0 Å². The van der Waals surface area contributed by atoms with Crippen molar-refractivity contribution in [3.63, 3.8) is 0 Å². The normalized spacial score (nSPS) is 12.5. The van der Waals surface area contributed by atoms with E-state index in [1.165, 1.54) is 31.2 Å². The lowest BCUT2D eigenvalue weighted by atomic mass is 10.2. The molecule has 0 bridgehead atoms. The van der Waals surface area contributed by atoms with E-state index >= 15 is 0 Å². The highest BCUT2D eigenvalue weighted by atomic mass is 35.5. The summed E-state index contributed by atoms with van der Waals surface area (Å²) in [4.78, 5) is 22.8. The maximum atomic E-state index is 12.6. The van der Waals surface area contributed by atoms with Crippen molar-refractivity contribution < 1.29 is 27.6 Å². The van der Waals surface area contributed by atoms with Crippen LogP contribution in [-0.2, 0) is 14.8 Å². The highest BCUT2D eigenvalue weighted by molar-refractivity contribution is 7.92. The first-order chi connectivity index (χ1) is 13.7. The minimum Gasteiger partial charge on any atom is -0.454 e. The Morgan fingerprint density at radius 3 is 2.66 bits per heavy atom. The van der Waals surface area contributed by atoms with Crippen LogP contribution in [-0.4, -0.2) is 38.3 Å². The fourth-order valence-corrected chi connectivity index (χ4v) is 3.81. The van der Waals surface area contributed by atoms with E-state index < -0.39 is 27.4 Å². The maximum absolute atomic E-state index is 12.6. The fraction of sp³-hybridized carbons (Fsp3) is 0.235. The predicted octanol–water partition coefficient (Wildman–Crippen LogP) is 2.77. The lowest BCUT2D eigenvalue weighted by Crippen LogP contribution is -2.39. The molecule has 0 aromatic heterocycles. The van der Waals surface area contributed by atoms with E-state index in [-0.39, 0.29) is 34.6 Å². The van der Waals surface area contributed by atoms with Crippen molar-refractivity contribution in [2.45, 2.75) is 6.92 Å². The molecule has 1 aliphatic heterocycles. The van der Waals surface area contributed by atoms with Crippen LogP contribution in [0.2, 0.25) is 5.02 Å². The number of nitrogens with one attached hydrogen (secondary N) is 1. The van der Waals surface area contributed by atoms with Crippen molar-refractivity contribution in [2.75, 3.05) is 28.7 Å². The van der Waals surface area contributed by atoms with Crippen LogP contribution in [0, 0.1) is 10.1 Å². The first-order valence-corrected chi connectivity index (χ1v) is 10.3. The van der Waals surface area contributed by atoms with E-state index in [2.05, 4.69) is 5.32 Å². The molecule has 1 amide bonds. The Morgan fingerprint density at radius 2 is 1.97 bits per heavy atom. The third-order valence-electron chi connectivity index (χ3n) is 4.07. The maximum Gasteiger partial charge on any atom is 0.271 e. The number of halogens is 1. The number of carbonyl (C=O) groups is 1. The lowest BCUT2D eigenvalue weighted by molar-refractivity contribution is -0.384. The smallest absolute Gasteiger partial charge is 0.271 e. The number of non-ortho nitro benzene ring substituents is 1. The topological polar surface area (TPSA) is 128 Å². The van der Waals surface area contributed by atoms with Gasteiger partial charge in [0.15, 0.2) is 11.5 Å². The summed E-state index contributed by atoms with van der Waals surface area (Å²) in [5, 5.41) is 13.4. The van der Waals surface area contributed by atoms with Crippen molar-refractivity contribution in [3.8, 4) is 11.5 Å². The molecule has 10 nitrogen and oxygen atoms in total. The first-order valence-electron chi connectivity index (χ1n) is 8.35. The van der Waals surface area contributed by atoms with Crippen molar-refractivity contribution in [1.29, 1.82) is 0 Å². The molecular formula is C17H16ClN3O7S. The number of hydrogen-bond acceptors (Lipinski definition) is 7. The molecule has 0 spiro atoms. The minimum absolute atomic E-state index is 0.00500. The number of fused-ring (bicyclic) bond motifs is 1. The first kappa shape index (κ1) is 20.7. The highest BCUT2D eigenvalue weighted by Crippen LogP contribution is 2.36. The molecule has 1 N–H and O–H groups in total. The molecule has 12 heteroatoms. The van der Waals surface area contributed by atoms with Gasteiger partial charge in [-0.05, 0) is 25.1 Å². The number of nitro groups is 1. The summed E-state index contributed by atoms with van der Waals surface area (Å²) in [7, 11) is -3.81. The Kier molecular flexibility index (Phi) is 5.80. The number of rotatable bonds is 7. The summed E-state index contributed by atoms with van der Waals surface area (Å²) in [6, 6.07) is 8.06. The summed E-state index contributed by atoms with van der Waals surface area (Å²) >= 11 is 5.98. The van der Waals surface area contributed by atoms with E-state index in [0.29, 0.717) is 11.5 Å². The minimum atomic E-state index is -3.81. The number of amides is 1. The van der Waals surface area contributed by atoms with Gasteiger partial charge in [-0.15, -0.1) is 0 Å². The van der Waals surface area contributed by atoms with Gasteiger partial charge in [-0.3, -0.25) is 19.2 Å². The van der Waals surface area contributed by atoms with Crippen LogP contribution in [0.1, 0.15) is 6.92 Å². The van der Waals surface area contributed by atoms with Gasteiger partial charge in [-0.2, -0.15) is 0 Å². The largest absolute Gasteiger partial charge is 0.454 e. The molecule has 0 unspecified atom stereocenters. The molecule has 0 fully saturated rings. The summed E-state index contributed by atoms with van der Waals surface area (Å²) in [5.74, 6) is -0.134. The van der Waals surface area contributed by atoms with Crippen LogP contribution >= 0.6 is 11.6 Å². The Morgan fingerprint density at radius 1 is 1.24 bits per heavy atom. The van der Waals surface area contributed by atoms with Gasteiger partial charge in [0.2, 0.25) is 22.7 Å². The Bertz CT molecular complexity index is 1070. The van der Waals surface area contributed by atoms with Crippen LogP contribution in [0.4, 0.5) is 17.1 Å². The van der Waals surface area contributed by atoms with E-state index in [9.17, 15) is 23.3 Å². The zero-order valence-electron chi connectivity index (χ0n) is 15.1. The summed E-state index contributed by atoms with van der Waals surface area (Å²) in [6.07, 6.45) is 0. The molecule has 2 aromatic carbocycles. The molecule has 1 heterocycles. The molecule has 2 aromatic rings. The van der Waals surface area contributed by atoms with Crippen molar-refractivity contribution in [2.24, 2.45) is 0 Å². The van der Waals surface area contributed by atoms with Crippen LogP contribution in [0.25, 0.3) is 0 Å². The number of hydrogen-bond donors (Lipinski definition) is 1. The second kappa shape index (κ2) is 8.13. The highest BCUT2D eigenvalue weighted by Gasteiger charge is 2.26. The molecule has 154 valence electrons. The molecule has 1 aliphatic rings. The average Bonchev–Trinajstić information content (AvgIpc) is 3.15. The van der Waals surface area contributed by atoms with Gasteiger partial charge in [0.25, 0.3) is 5.69 Å². The number of sulfonamides is 1. The molecular weight excluding hydrogens is 426 g/mol. The van der Waals surface area contributed by atoms with Gasteiger partial charge in [0.1, 0.15) is 6.54 Å². The number of anilines is 2. The molecule has 0 aliphatic carbocycles. The predicted molar refractivity (Wildman–Crippen MR) is 106 cm³/mol. The van der Waals surface area contributed by atoms with Crippen molar-refractivity contribution in [3.05, 3.63) is 51.5 Å². The van der Waals surface area contributed by atoms with Gasteiger partial charge in [0, 0.05) is 18.2 Å². The van der Waals surface area contributed by atoms with Gasteiger partial charge >= 0.3 is 0 Å². The van der Waals surface area contributed by atoms with Gasteiger partial charge in [-0.1, -0.05) is 11.6 Å². The zero-order valence-corrected chi connectivity index (χ0v) is 16.7. The summed E-state index contributed by atoms with van der Waals surface area (Å²) in [6.45, 7) is 0.907. The molecule has 0 saturated carbocycles. The van der Waals surface area contributed by atoms with Crippen molar-refractivity contribution >= 4 is 44.6 Å². The number of ether oxygens (including phenoxy) is 2. The standard InChI is InChI=1S/C17H16ClN3O7S/c1-2-29(25,26)20(11-4-6-15-16(8-11)28-10-27-15)9-17(22)19-14-7-12(21(23)24)3-5-13(14)18/h3-8H,2,9-10H2,1H3,(H,19,22). The fourth-order valence-electron chi connectivity index (χ4n) is 2.59. The quantitative estimate of drug-likeness (QED) is 0.516. The Labute approximate surface area is 171 Å². The monoisotopic (exact) mass is 441 g/mol. The van der Waals surface area contributed by atoms with Gasteiger partial charge in [0.05, 0.1) is 27.1 Å². The Balaban J connectivity index is 1.86. The molecule has 0 radical (unpaired) electrons. The van der Waals surface area contributed by atoms with E-state index in [0.717, 1.165) is 10.4 Å². The van der Waals surface area contributed by atoms with Crippen LogP contribution in [0.15, 0.2) is 36.4 Å². The zero-order chi connectivity index (χ0) is 21.2. The molecule has 0 atom stereocenters. The van der Waals surface area contributed by atoms with Crippen LogP contribution < -0.4 is 19.1 Å². The number of carbonyl (C=O) groups excluding carboxylic acids is 1. The van der Waals surface area contributed by atoms with E-state index in [1.807, 2.05) is 0 Å². The summed E-state index contributed by atoms with van der Waals surface area (Å²) < 4.78 is 36.5. The average molecular weight is 442 g/mol. The summed E-state index contributed by atoms with van der Waals surface area (Å²) in [5.41, 5.74) is -0.0414. The molecule has 0 saturated heterocycles. The molecule has 29 heavy (non-hydrogen) atoms. The number of benzene rings is 2. The van der Waals surface area contributed by atoms with Gasteiger partial charge in [-0.25, -0.2) is 8.42 Å².